The molecule has 6 N–H and O–H groups in total. The summed E-state index contributed by atoms with van der Waals surface area (Å²) < 4.78 is 17.0. The van der Waals surface area contributed by atoms with Gasteiger partial charge in [0.1, 0.15) is 31.2 Å². The predicted octanol–water partition coefficient (Wildman–Crippen LogP) is 3.48. The highest BCUT2D eigenvalue weighted by Gasteiger charge is 2.11. The summed E-state index contributed by atoms with van der Waals surface area (Å²) in [5.41, 5.74) is 12.4. The molecule has 0 amide bonds. The molecule has 31 heavy (non-hydrogen) atoms. The Balaban J connectivity index is 0. The van der Waals surface area contributed by atoms with Gasteiger partial charge in [-0.15, -0.1) is 37.2 Å². The molecule has 2 aromatic rings. The van der Waals surface area contributed by atoms with Crippen molar-refractivity contribution >= 4 is 48.6 Å². The molecule has 176 valence electrons. The van der Waals surface area contributed by atoms with Crippen LogP contribution < -0.4 is 31.0 Å². The van der Waals surface area contributed by atoms with Crippen LogP contribution >= 0.6 is 37.2 Å². The number of ether oxygens (including phenoxy) is 3. The zero-order chi connectivity index (χ0) is 20.4. The molecule has 7 nitrogen and oxygen atoms in total. The maximum absolute atomic E-state index is 10.1. The van der Waals surface area contributed by atoms with Crippen LogP contribution in [0, 0.1) is 0 Å². The Bertz CT molecular complexity index is 768. The second-order valence-corrected chi connectivity index (χ2v) is 6.36. The minimum absolute atomic E-state index is 0. The van der Waals surface area contributed by atoms with Crippen LogP contribution in [-0.2, 0) is 0 Å². The van der Waals surface area contributed by atoms with Gasteiger partial charge in [-0.05, 0) is 31.2 Å². The summed E-state index contributed by atoms with van der Waals surface area (Å²) in [4.78, 5) is 0. The van der Waals surface area contributed by atoms with E-state index in [9.17, 15) is 5.11 Å². The maximum Gasteiger partial charge on any atom is 0.161 e. The average molecular weight is 497 g/mol. The van der Waals surface area contributed by atoms with Crippen molar-refractivity contribution in [3.63, 3.8) is 0 Å². The third-order valence-corrected chi connectivity index (χ3v) is 3.88. The van der Waals surface area contributed by atoms with Crippen molar-refractivity contribution in [1.29, 1.82) is 0 Å². The quantitative estimate of drug-likeness (QED) is 0.263. The number of benzene rings is 2. The standard InChI is InChI=1S/C21H29N3O4.3ClH/c1-3-11-26-18-8-4-5-9-19(18)28-15(2)12-24-13-16(25)14-27-20-10-6-7-17(22)21(20)23;;;/h3-10,15-16,24-25H,1,11-14,22-23H2,2H3;3*1H. The van der Waals surface area contributed by atoms with E-state index >= 15 is 0 Å². The van der Waals surface area contributed by atoms with E-state index in [-0.39, 0.29) is 49.9 Å². The van der Waals surface area contributed by atoms with E-state index in [0.29, 0.717) is 48.3 Å². The van der Waals surface area contributed by atoms with Gasteiger partial charge in [-0.25, -0.2) is 0 Å². The fraction of sp³-hybridized carbons (Fsp3) is 0.333. The summed E-state index contributed by atoms with van der Waals surface area (Å²) in [6.07, 6.45) is 0.866. The van der Waals surface area contributed by atoms with Crippen molar-refractivity contribution in [3.05, 3.63) is 55.1 Å². The lowest BCUT2D eigenvalue weighted by Crippen LogP contribution is -2.36. The highest BCUT2D eigenvalue weighted by Crippen LogP contribution is 2.28. The Morgan fingerprint density at radius 1 is 0.968 bits per heavy atom. The third kappa shape index (κ3) is 10.7. The molecular formula is C21H32Cl3N3O4. The second kappa shape index (κ2) is 16.6. The molecule has 0 spiro atoms. The Morgan fingerprint density at radius 2 is 1.61 bits per heavy atom. The Kier molecular flexibility index (Phi) is 16.7. The molecule has 0 heterocycles. The highest BCUT2D eigenvalue weighted by atomic mass is 35.5. The summed E-state index contributed by atoms with van der Waals surface area (Å²) in [6, 6.07) is 12.6. The normalized spacial score (nSPS) is 11.5. The van der Waals surface area contributed by atoms with Crippen LogP contribution in [0.3, 0.4) is 0 Å². The number of rotatable bonds is 12. The van der Waals surface area contributed by atoms with E-state index in [4.69, 9.17) is 25.7 Å². The predicted molar refractivity (Wildman–Crippen MR) is 134 cm³/mol. The van der Waals surface area contributed by atoms with E-state index in [0.717, 1.165) is 0 Å². The zero-order valence-corrected chi connectivity index (χ0v) is 19.8. The van der Waals surface area contributed by atoms with Crippen molar-refractivity contribution in [1.82, 2.24) is 5.32 Å². The molecule has 0 aliphatic heterocycles. The van der Waals surface area contributed by atoms with Gasteiger partial charge in [-0.3, -0.25) is 0 Å². The fourth-order valence-corrected chi connectivity index (χ4v) is 2.46. The van der Waals surface area contributed by atoms with Gasteiger partial charge >= 0.3 is 0 Å². The van der Waals surface area contributed by atoms with Gasteiger partial charge in [-0.1, -0.05) is 30.9 Å². The number of hydrogen-bond donors (Lipinski definition) is 4. The van der Waals surface area contributed by atoms with Crippen LogP contribution in [0.2, 0.25) is 0 Å². The number of halogens is 3. The van der Waals surface area contributed by atoms with Crippen LogP contribution in [0.5, 0.6) is 17.2 Å². The van der Waals surface area contributed by atoms with Gasteiger partial charge in [0.15, 0.2) is 11.5 Å². The van der Waals surface area contributed by atoms with Crippen LogP contribution in [0.25, 0.3) is 0 Å². The van der Waals surface area contributed by atoms with E-state index in [1.165, 1.54) is 0 Å². The van der Waals surface area contributed by atoms with Crippen LogP contribution in [0.1, 0.15) is 6.92 Å². The summed E-state index contributed by atoms with van der Waals surface area (Å²) in [7, 11) is 0. The number of para-hydroxylation sites is 3. The van der Waals surface area contributed by atoms with Gasteiger partial charge in [0.25, 0.3) is 0 Å². The first-order chi connectivity index (χ1) is 13.5. The van der Waals surface area contributed by atoms with Crippen LogP contribution in [0.4, 0.5) is 11.4 Å². The molecule has 0 fully saturated rings. The molecule has 2 rings (SSSR count). The topological polar surface area (TPSA) is 112 Å². The third-order valence-electron chi connectivity index (χ3n) is 3.88. The van der Waals surface area contributed by atoms with Crippen LogP contribution in [0.15, 0.2) is 55.1 Å². The largest absolute Gasteiger partial charge is 0.489 e. The van der Waals surface area contributed by atoms with Gasteiger partial charge in [0.2, 0.25) is 0 Å². The Morgan fingerprint density at radius 3 is 2.29 bits per heavy atom. The van der Waals surface area contributed by atoms with Gasteiger partial charge in [0.05, 0.1) is 11.4 Å². The van der Waals surface area contributed by atoms with Gasteiger partial charge in [-0.2, -0.15) is 0 Å². The van der Waals surface area contributed by atoms with Crippen molar-refractivity contribution in [2.45, 2.75) is 19.1 Å². The number of nitrogens with two attached hydrogens (primary N) is 2. The number of aliphatic hydroxyl groups is 1. The molecule has 0 aliphatic carbocycles. The summed E-state index contributed by atoms with van der Waals surface area (Å²) in [6.45, 7) is 7.00. The molecule has 10 heteroatoms. The molecule has 0 aromatic heterocycles. The van der Waals surface area contributed by atoms with E-state index in [1.54, 1.807) is 24.3 Å². The molecule has 2 aromatic carbocycles. The molecular weight excluding hydrogens is 465 g/mol. The summed E-state index contributed by atoms with van der Waals surface area (Å²) in [5, 5.41) is 13.2. The molecule has 0 radical (unpaired) electrons. The SMILES string of the molecule is C=CCOc1ccccc1OC(C)CNCC(O)COc1cccc(N)c1N.Cl.Cl.Cl. The Hall–Kier alpha value is -2.03. The maximum atomic E-state index is 10.1. The number of hydrogen-bond acceptors (Lipinski definition) is 7. The van der Waals surface area contributed by atoms with E-state index in [2.05, 4.69) is 11.9 Å². The number of aliphatic hydroxyl groups excluding tert-OH is 1. The first-order valence-electron chi connectivity index (χ1n) is 9.16. The summed E-state index contributed by atoms with van der Waals surface area (Å²) >= 11 is 0. The first kappa shape index (κ1) is 31.2. The van der Waals surface area contributed by atoms with Crippen LogP contribution in [-0.4, -0.2) is 43.6 Å². The first-order valence-corrected chi connectivity index (χ1v) is 9.16. The lowest BCUT2D eigenvalue weighted by atomic mass is 10.2. The van der Waals surface area contributed by atoms with E-state index < -0.39 is 6.10 Å². The highest BCUT2D eigenvalue weighted by molar-refractivity contribution is 5.86. The monoisotopic (exact) mass is 495 g/mol. The molecule has 2 unspecified atom stereocenters. The minimum Gasteiger partial charge on any atom is -0.489 e. The van der Waals surface area contributed by atoms with Crippen molar-refractivity contribution in [2.24, 2.45) is 0 Å². The second-order valence-electron chi connectivity index (χ2n) is 6.36. The smallest absolute Gasteiger partial charge is 0.161 e. The molecule has 0 bridgehead atoms. The lowest BCUT2D eigenvalue weighted by molar-refractivity contribution is 0.103. The number of anilines is 2. The summed E-state index contributed by atoms with van der Waals surface area (Å²) in [5.74, 6) is 1.80. The van der Waals surface area contributed by atoms with Crippen molar-refractivity contribution in [2.75, 3.05) is 37.8 Å². The number of nitrogen functional groups attached to an aromatic ring is 2. The fourth-order valence-electron chi connectivity index (χ4n) is 2.46. The molecule has 0 saturated carbocycles. The molecule has 0 aliphatic rings. The molecule has 0 saturated heterocycles. The Labute approximate surface area is 202 Å². The van der Waals surface area contributed by atoms with Gasteiger partial charge < -0.3 is 36.1 Å². The minimum atomic E-state index is -0.698. The lowest BCUT2D eigenvalue weighted by Gasteiger charge is -2.19. The zero-order valence-electron chi connectivity index (χ0n) is 17.4. The van der Waals surface area contributed by atoms with Gasteiger partial charge in [0, 0.05) is 13.1 Å². The molecule has 2 atom stereocenters. The average Bonchev–Trinajstić information content (AvgIpc) is 2.68. The van der Waals surface area contributed by atoms with Crippen molar-refractivity contribution in [3.8, 4) is 17.2 Å². The van der Waals surface area contributed by atoms with E-state index in [1.807, 2.05) is 31.2 Å². The van der Waals surface area contributed by atoms with Crippen molar-refractivity contribution < 1.29 is 19.3 Å². The number of nitrogens with one attached hydrogen (secondary N) is 1.